The molecule has 0 radical (unpaired) electrons. The van der Waals surface area contributed by atoms with Crippen molar-refractivity contribution in [2.75, 3.05) is 13.7 Å². The molecule has 0 spiro atoms. The van der Waals surface area contributed by atoms with Crippen LogP contribution in [0.5, 0.6) is 0 Å². The summed E-state index contributed by atoms with van der Waals surface area (Å²) in [6.07, 6.45) is 3.02. The van der Waals surface area contributed by atoms with Crippen molar-refractivity contribution >= 4 is 5.91 Å². The van der Waals surface area contributed by atoms with E-state index in [0.29, 0.717) is 12.2 Å². The number of amides is 1. The zero-order valence-corrected chi connectivity index (χ0v) is 11.3. The van der Waals surface area contributed by atoms with E-state index in [0.717, 1.165) is 24.8 Å². The second kappa shape index (κ2) is 6.68. The maximum absolute atomic E-state index is 12.1. The molecule has 0 bridgehead atoms. The van der Waals surface area contributed by atoms with Crippen molar-refractivity contribution in [3.8, 4) is 0 Å². The summed E-state index contributed by atoms with van der Waals surface area (Å²) in [5, 5.41) is 12.3. The number of aliphatic hydroxyl groups excluding tert-OH is 1. The molecule has 0 aromatic heterocycles. The molecule has 0 heterocycles. The predicted molar refractivity (Wildman–Crippen MR) is 72.8 cm³/mol. The highest BCUT2D eigenvalue weighted by Crippen LogP contribution is 2.25. The Labute approximate surface area is 113 Å². The van der Waals surface area contributed by atoms with E-state index in [4.69, 9.17) is 4.74 Å². The lowest BCUT2D eigenvalue weighted by molar-refractivity contribution is 0.0916. The molecule has 2 atom stereocenters. The van der Waals surface area contributed by atoms with Crippen LogP contribution >= 0.6 is 0 Å². The van der Waals surface area contributed by atoms with E-state index in [1.165, 1.54) is 0 Å². The van der Waals surface area contributed by atoms with Gasteiger partial charge in [-0.1, -0.05) is 18.6 Å². The molecule has 1 saturated carbocycles. The smallest absolute Gasteiger partial charge is 0.251 e. The van der Waals surface area contributed by atoms with Gasteiger partial charge in [0.15, 0.2) is 0 Å². The maximum atomic E-state index is 12.1. The van der Waals surface area contributed by atoms with E-state index < -0.39 is 0 Å². The maximum Gasteiger partial charge on any atom is 0.251 e. The molecular weight excluding hydrogens is 242 g/mol. The van der Waals surface area contributed by atoms with Crippen LogP contribution in [-0.4, -0.2) is 30.8 Å². The second-order valence-corrected chi connectivity index (χ2v) is 5.08. The lowest BCUT2D eigenvalue weighted by Gasteiger charge is -2.19. The van der Waals surface area contributed by atoms with E-state index >= 15 is 0 Å². The number of carbonyl (C=O) groups excluding carboxylic acids is 1. The highest BCUT2D eigenvalue weighted by atomic mass is 16.5. The number of nitrogens with one attached hydrogen (secondary N) is 1. The molecule has 104 valence electrons. The number of benzene rings is 1. The van der Waals surface area contributed by atoms with Gasteiger partial charge in [0, 0.05) is 31.2 Å². The summed E-state index contributed by atoms with van der Waals surface area (Å²) in [6.45, 7) is 0.703. The summed E-state index contributed by atoms with van der Waals surface area (Å²) >= 11 is 0. The van der Waals surface area contributed by atoms with Crippen LogP contribution in [0.4, 0.5) is 0 Å². The van der Waals surface area contributed by atoms with Crippen molar-refractivity contribution in [2.45, 2.75) is 31.9 Å². The van der Waals surface area contributed by atoms with E-state index in [2.05, 4.69) is 5.32 Å². The Morgan fingerprint density at radius 2 is 2.11 bits per heavy atom. The standard InChI is InChI=1S/C15H21NO3/c1-19-10-11-5-7-12(8-6-11)15(18)16-14-4-2-3-13(14)9-17/h5-8,13-14,17H,2-4,9-10H2,1H3,(H,16,18). The third-order valence-corrected chi connectivity index (χ3v) is 3.74. The van der Waals surface area contributed by atoms with E-state index in [1.807, 2.05) is 24.3 Å². The van der Waals surface area contributed by atoms with Crippen LogP contribution < -0.4 is 5.32 Å². The summed E-state index contributed by atoms with van der Waals surface area (Å²) in [7, 11) is 1.65. The first-order chi connectivity index (χ1) is 9.24. The van der Waals surface area contributed by atoms with Gasteiger partial charge in [-0.2, -0.15) is 0 Å². The minimum atomic E-state index is -0.0608. The molecule has 19 heavy (non-hydrogen) atoms. The summed E-state index contributed by atoms with van der Waals surface area (Å²) in [5.74, 6) is 0.144. The van der Waals surface area contributed by atoms with Gasteiger partial charge in [0.25, 0.3) is 5.91 Å². The zero-order valence-electron chi connectivity index (χ0n) is 11.3. The minimum absolute atomic E-state index is 0.0608. The van der Waals surface area contributed by atoms with Gasteiger partial charge < -0.3 is 15.2 Å². The molecule has 1 amide bonds. The van der Waals surface area contributed by atoms with Crippen molar-refractivity contribution in [3.63, 3.8) is 0 Å². The number of hydrogen-bond donors (Lipinski definition) is 2. The van der Waals surface area contributed by atoms with E-state index in [9.17, 15) is 9.90 Å². The van der Waals surface area contributed by atoms with Crippen molar-refractivity contribution in [1.82, 2.24) is 5.32 Å². The summed E-state index contributed by atoms with van der Waals surface area (Å²) in [4.78, 5) is 12.1. The first-order valence-electron chi connectivity index (χ1n) is 6.74. The molecule has 2 rings (SSSR count). The molecule has 1 aromatic rings. The van der Waals surface area contributed by atoms with Gasteiger partial charge in [-0.3, -0.25) is 4.79 Å². The minimum Gasteiger partial charge on any atom is -0.396 e. The van der Waals surface area contributed by atoms with Crippen molar-refractivity contribution in [1.29, 1.82) is 0 Å². The van der Waals surface area contributed by atoms with Gasteiger partial charge in [-0.05, 0) is 30.5 Å². The molecule has 4 heteroatoms. The lowest BCUT2D eigenvalue weighted by atomic mass is 10.0. The van der Waals surface area contributed by atoms with Crippen LogP contribution in [0.1, 0.15) is 35.2 Å². The third-order valence-electron chi connectivity index (χ3n) is 3.74. The predicted octanol–water partition coefficient (Wildman–Crippen LogP) is 1.72. The molecule has 1 fully saturated rings. The summed E-state index contributed by atoms with van der Waals surface area (Å²) in [6, 6.07) is 7.53. The first-order valence-corrected chi connectivity index (χ1v) is 6.74. The molecule has 1 aliphatic rings. The number of rotatable bonds is 5. The van der Waals surface area contributed by atoms with Crippen molar-refractivity contribution in [2.24, 2.45) is 5.92 Å². The molecule has 0 aliphatic heterocycles. The second-order valence-electron chi connectivity index (χ2n) is 5.08. The van der Waals surface area contributed by atoms with Gasteiger partial charge in [-0.15, -0.1) is 0 Å². The van der Waals surface area contributed by atoms with Gasteiger partial charge >= 0.3 is 0 Å². The number of ether oxygens (including phenoxy) is 1. The molecule has 2 unspecified atom stereocenters. The quantitative estimate of drug-likeness (QED) is 0.850. The molecule has 1 aliphatic carbocycles. The number of aliphatic hydroxyl groups is 1. The summed E-state index contributed by atoms with van der Waals surface area (Å²) in [5.41, 5.74) is 1.71. The Kier molecular flexibility index (Phi) is 4.93. The van der Waals surface area contributed by atoms with Crippen molar-refractivity contribution in [3.05, 3.63) is 35.4 Å². The molecule has 2 N–H and O–H groups in total. The van der Waals surface area contributed by atoms with Crippen molar-refractivity contribution < 1.29 is 14.6 Å². The number of hydrogen-bond acceptors (Lipinski definition) is 3. The van der Waals surface area contributed by atoms with Crippen LogP contribution in [0.2, 0.25) is 0 Å². The average Bonchev–Trinajstić information content (AvgIpc) is 2.87. The average molecular weight is 263 g/mol. The van der Waals surface area contributed by atoms with Crippen LogP contribution in [0.15, 0.2) is 24.3 Å². The highest BCUT2D eigenvalue weighted by Gasteiger charge is 2.27. The lowest BCUT2D eigenvalue weighted by Crippen LogP contribution is -2.38. The van der Waals surface area contributed by atoms with E-state index in [1.54, 1.807) is 7.11 Å². The SMILES string of the molecule is COCc1ccc(C(=O)NC2CCCC2CO)cc1. The largest absolute Gasteiger partial charge is 0.396 e. The van der Waals surface area contributed by atoms with Gasteiger partial charge in [-0.25, -0.2) is 0 Å². The number of methoxy groups -OCH3 is 1. The Hall–Kier alpha value is -1.39. The monoisotopic (exact) mass is 263 g/mol. The van der Waals surface area contributed by atoms with Gasteiger partial charge in [0.1, 0.15) is 0 Å². The Bertz CT molecular complexity index is 416. The fourth-order valence-electron chi connectivity index (χ4n) is 2.62. The highest BCUT2D eigenvalue weighted by molar-refractivity contribution is 5.94. The summed E-state index contributed by atoms with van der Waals surface area (Å²) < 4.78 is 5.04. The Morgan fingerprint density at radius 1 is 1.37 bits per heavy atom. The molecule has 0 saturated heterocycles. The third kappa shape index (κ3) is 3.55. The fraction of sp³-hybridized carbons (Fsp3) is 0.533. The molecular formula is C15H21NO3. The molecule has 1 aromatic carbocycles. The van der Waals surface area contributed by atoms with Crippen LogP contribution in [0, 0.1) is 5.92 Å². The normalized spacial score (nSPS) is 22.4. The van der Waals surface area contributed by atoms with Gasteiger partial charge in [0.2, 0.25) is 0 Å². The van der Waals surface area contributed by atoms with E-state index in [-0.39, 0.29) is 24.5 Å². The Balaban J connectivity index is 1.95. The zero-order chi connectivity index (χ0) is 13.7. The van der Waals surface area contributed by atoms with Crippen LogP contribution in [-0.2, 0) is 11.3 Å². The van der Waals surface area contributed by atoms with Crippen LogP contribution in [0.3, 0.4) is 0 Å². The topological polar surface area (TPSA) is 58.6 Å². The first kappa shape index (κ1) is 14.0. The van der Waals surface area contributed by atoms with Crippen LogP contribution in [0.25, 0.3) is 0 Å². The molecule has 4 nitrogen and oxygen atoms in total. The number of carbonyl (C=O) groups is 1. The fourth-order valence-corrected chi connectivity index (χ4v) is 2.62. The van der Waals surface area contributed by atoms with Gasteiger partial charge in [0.05, 0.1) is 6.61 Å². The Morgan fingerprint density at radius 3 is 2.74 bits per heavy atom.